The molecule has 170 valence electrons. The van der Waals surface area contributed by atoms with E-state index in [0.717, 1.165) is 0 Å². The lowest BCUT2D eigenvalue weighted by molar-refractivity contribution is -0.134. The molecule has 3 aliphatic rings. The van der Waals surface area contributed by atoms with Crippen LogP contribution in [0.3, 0.4) is 0 Å². The van der Waals surface area contributed by atoms with Gasteiger partial charge in [-0.25, -0.2) is 13.2 Å². The van der Waals surface area contributed by atoms with Crippen molar-refractivity contribution < 1.29 is 22.8 Å². The van der Waals surface area contributed by atoms with Gasteiger partial charge in [-0.2, -0.15) is 0 Å². The number of halogens is 3. The van der Waals surface area contributed by atoms with E-state index in [1.165, 1.54) is 6.07 Å². The minimum atomic E-state index is -2.76. The Bertz CT molecular complexity index is 844. The van der Waals surface area contributed by atoms with Crippen LogP contribution in [0.2, 0.25) is 0 Å². The highest BCUT2D eigenvalue weighted by Crippen LogP contribution is 2.31. The first kappa shape index (κ1) is 21.9. The first-order valence-corrected chi connectivity index (χ1v) is 10.7. The molecule has 3 heterocycles. The summed E-state index contributed by atoms with van der Waals surface area (Å²) >= 11 is 0. The van der Waals surface area contributed by atoms with Gasteiger partial charge >= 0.3 is 0 Å². The van der Waals surface area contributed by atoms with Crippen molar-refractivity contribution in [3.05, 3.63) is 24.0 Å². The monoisotopic (exact) mass is 439 g/mol. The SMILES string of the molecule is CN(c1ccc(N2CCN(C3CCNCC3(F)F)CC2)c(F)c1)C1CCC(=O)NC1=O. The van der Waals surface area contributed by atoms with E-state index in [0.29, 0.717) is 56.9 Å². The number of imide groups is 1. The lowest BCUT2D eigenvalue weighted by Crippen LogP contribution is -2.61. The van der Waals surface area contributed by atoms with Gasteiger partial charge in [-0.15, -0.1) is 0 Å². The summed E-state index contributed by atoms with van der Waals surface area (Å²) in [5.41, 5.74) is 0.973. The lowest BCUT2D eigenvalue weighted by Gasteiger charge is -2.44. The van der Waals surface area contributed by atoms with Gasteiger partial charge in [-0.3, -0.25) is 19.8 Å². The number of likely N-dealkylation sites (N-methyl/N-ethyl adjacent to an activating group) is 1. The van der Waals surface area contributed by atoms with E-state index < -0.39 is 23.8 Å². The molecule has 3 aliphatic heterocycles. The number of alkyl halides is 2. The second-order valence-corrected chi connectivity index (χ2v) is 8.48. The summed E-state index contributed by atoms with van der Waals surface area (Å²) in [4.78, 5) is 28.8. The summed E-state index contributed by atoms with van der Waals surface area (Å²) in [5, 5.41) is 5.06. The summed E-state index contributed by atoms with van der Waals surface area (Å²) < 4.78 is 43.4. The van der Waals surface area contributed by atoms with Crippen molar-refractivity contribution in [2.24, 2.45) is 0 Å². The molecule has 4 rings (SSSR count). The molecular weight excluding hydrogens is 411 g/mol. The topological polar surface area (TPSA) is 67.9 Å². The van der Waals surface area contributed by atoms with Gasteiger partial charge in [0.1, 0.15) is 11.9 Å². The van der Waals surface area contributed by atoms with Gasteiger partial charge in [0.05, 0.1) is 18.3 Å². The molecular formula is C21H28F3N5O2. The number of nitrogens with zero attached hydrogens (tertiary/aromatic N) is 3. The van der Waals surface area contributed by atoms with Crippen molar-refractivity contribution in [2.45, 2.75) is 37.3 Å². The zero-order chi connectivity index (χ0) is 22.2. The molecule has 0 spiro atoms. The molecule has 2 atom stereocenters. The van der Waals surface area contributed by atoms with Gasteiger partial charge < -0.3 is 15.1 Å². The van der Waals surface area contributed by atoms with Crippen LogP contribution in [0.5, 0.6) is 0 Å². The second kappa shape index (κ2) is 8.66. The Morgan fingerprint density at radius 3 is 2.52 bits per heavy atom. The van der Waals surface area contributed by atoms with Gasteiger partial charge in [0.15, 0.2) is 0 Å². The molecule has 0 aliphatic carbocycles. The van der Waals surface area contributed by atoms with E-state index in [1.807, 2.05) is 9.80 Å². The van der Waals surface area contributed by atoms with Crippen LogP contribution >= 0.6 is 0 Å². The first-order chi connectivity index (χ1) is 14.8. The Hall–Kier alpha value is -2.33. The molecule has 1 aromatic carbocycles. The summed E-state index contributed by atoms with van der Waals surface area (Å²) in [6, 6.07) is 3.49. The van der Waals surface area contributed by atoms with E-state index in [1.54, 1.807) is 24.1 Å². The van der Waals surface area contributed by atoms with Crippen molar-refractivity contribution in [3.63, 3.8) is 0 Å². The highest BCUT2D eigenvalue weighted by molar-refractivity contribution is 6.01. The molecule has 3 fully saturated rings. The van der Waals surface area contributed by atoms with E-state index in [4.69, 9.17) is 0 Å². The van der Waals surface area contributed by atoms with Crippen LogP contribution < -0.4 is 20.4 Å². The zero-order valence-corrected chi connectivity index (χ0v) is 17.5. The molecule has 0 saturated carbocycles. The lowest BCUT2D eigenvalue weighted by atomic mass is 9.99. The molecule has 0 aromatic heterocycles. The third-order valence-corrected chi connectivity index (χ3v) is 6.55. The fraction of sp³-hybridized carbons (Fsp3) is 0.619. The summed E-state index contributed by atoms with van der Waals surface area (Å²) in [6.45, 7) is 2.14. The number of nitrogens with one attached hydrogen (secondary N) is 2. The van der Waals surface area contributed by atoms with Crippen LogP contribution in [0, 0.1) is 5.82 Å². The number of piperidine rings is 2. The molecule has 2 N–H and O–H groups in total. The summed E-state index contributed by atoms with van der Waals surface area (Å²) in [5.74, 6) is -3.85. The number of carbonyl (C=O) groups excluding carboxylic acids is 2. The standard InChI is InChI=1S/C21H28F3N5O2/c1-27(17-4-5-19(30)26-20(17)31)14-2-3-16(15(22)12-14)28-8-10-29(11-9-28)18-6-7-25-13-21(18,23)24/h2-3,12,17-18,25H,4-11,13H2,1H3,(H,26,30,31). The third-order valence-electron chi connectivity index (χ3n) is 6.55. The fourth-order valence-corrected chi connectivity index (χ4v) is 4.75. The van der Waals surface area contributed by atoms with E-state index in [9.17, 15) is 22.8 Å². The second-order valence-electron chi connectivity index (χ2n) is 8.48. The van der Waals surface area contributed by atoms with E-state index in [2.05, 4.69) is 10.6 Å². The summed E-state index contributed by atoms with van der Waals surface area (Å²) in [7, 11) is 1.70. The maximum atomic E-state index is 14.9. The molecule has 3 saturated heterocycles. The highest BCUT2D eigenvalue weighted by Gasteiger charge is 2.45. The smallest absolute Gasteiger partial charge is 0.275 e. The number of rotatable bonds is 4. The average molecular weight is 439 g/mol. The predicted octanol–water partition coefficient (Wildman–Crippen LogP) is 1.19. The minimum absolute atomic E-state index is 0.252. The van der Waals surface area contributed by atoms with Crippen LogP contribution in [0.1, 0.15) is 19.3 Å². The van der Waals surface area contributed by atoms with Crippen molar-refractivity contribution in [3.8, 4) is 0 Å². The van der Waals surface area contributed by atoms with Crippen molar-refractivity contribution >= 4 is 23.2 Å². The van der Waals surface area contributed by atoms with Crippen molar-refractivity contribution in [1.29, 1.82) is 0 Å². The van der Waals surface area contributed by atoms with Crippen LogP contribution in [-0.2, 0) is 9.59 Å². The number of carbonyl (C=O) groups is 2. The van der Waals surface area contributed by atoms with Gasteiger partial charge in [-0.1, -0.05) is 0 Å². The Morgan fingerprint density at radius 2 is 1.87 bits per heavy atom. The predicted molar refractivity (Wildman–Crippen MR) is 111 cm³/mol. The van der Waals surface area contributed by atoms with Gasteiger partial charge in [0.25, 0.3) is 5.92 Å². The van der Waals surface area contributed by atoms with Crippen LogP contribution in [0.15, 0.2) is 18.2 Å². The number of hydrogen-bond donors (Lipinski definition) is 2. The number of anilines is 2. The molecule has 10 heteroatoms. The molecule has 1 aromatic rings. The van der Waals surface area contributed by atoms with E-state index in [-0.39, 0.29) is 24.8 Å². The number of benzene rings is 1. The molecule has 7 nitrogen and oxygen atoms in total. The summed E-state index contributed by atoms with van der Waals surface area (Å²) in [6.07, 6.45) is 1.04. The maximum Gasteiger partial charge on any atom is 0.275 e. The van der Waals surface area contributed by atoms with E-state index >= 15 is 0 Å². The number of hydrogen-bond acceptors (Lipinski definition) is 6. The Labute approximate surface area is 179 Å². The number of piperazine rings is 1. The van der Waals surface area contributed by atoms with Crippen molar-refractivity contribution in [2.75, 3.05) is 56.1 Å². The third kappa shape index (κ3) is 4.50. The van der Waals surface area contributed by atoms with Gasteiger partial charge in [-0.05, 0) is 37.6 Å². The quantitative estimate of drug-likeness (QED) is 0.687. The fourth-order valence-electron chi connectivity index (χ4n) is 4.75. The first-order valence-electron chi connectivity index (χ1n) is 10.7. The zero-order valence-electron chi connectivity index (χ0n) is 17.5. The molecule has 0 bridgehead atoms. The molecule has 0 radical (unpaired) electrons. The van der Waals surface area contributed by atoms with Crippen LogP contribution in [0.25, 0.3) is 0 Å². The Kier molecular flexibility index (Phi) is 6.11. The highest BCUT2D eigenvalue weighted by atomic mass is 19.3. The maximum absolute atomic E-state index is 14.9. The molecule has 2 unspecified atom stereocenters. The molecule has 2 amide bonds. The normalized spacial score (nSPS) is 27.2. The van der Waals surface area contributed by atoms with Crippen molar-refractivity contribution in [1.82, 2.24) is 15.5 Å². The van der Waals surface area contributed by atoms with Gasteiger partial charge in [0, 0.05) is 45.3 Å². The Morgan fingerprint density at radius 1 is 1.13 bits per heavy atom. The van der Waals surface area contributed by atoms with Gasteiger partial charge in [0.2, 0.25) is 11.8 Å². The molecule has 31 heavy (non-hydrogen) atoms. The van der Waals surface area contributed by atoms with Crippen LogP contribution in [-0.4, -0.2) is 81.0 Å². The van der Waals surface area contributed by atoms with Crippen LogP contribution in [0.4, 0.5) is 24.5 Å². The Balaban J connectivity index is 1.40. The minimum Gasteiger partial charge on any atom is -0.367 e. The average Bonchev–Trinajstić information content (AvgIpc) is 2.73. The largest absolute Gasteiger partial charge is 0.367 e. The number of amides is 2.